The van der Waals surface area contributed by atoms with Gasteiger partial charge < -0.3 is 19.3 Å². The van der Waals surface area contributed by atoms with E-state index in [-0.39, 0.29) is 18.9 Å². The number of nitrogens with zero attached hydrogens (tertiary/aromatic N) is 1. The number of amides is 1. The third-order valence-corrected chi connectivity index (χ3v) is 3.79. The molecule has 1 aromatic carbocycles. The number of esters is 1. The van der Waals surface area contributed by atoms with Gasteiger partial charge in [-0.15, -0.1) is 0 Å². The molecule has 1 amide bonds. The largest absolute Gasteiger partial charge is 0.496 e. The van der Waals surface area contributed by atoms with Crippen molar-refractivity contribution in [2.75, 3.05) is 13.7 Å². The summed E-state index contributed by atoms with van der Waals surface area (Å²) in [5.41, 5.74) is 2.51. The summed E-state index contributed by atoms with van der Waals surface area (Å²) < 4.78 is 15.2. The number of carbonyl (C=O) groups excluding carboxylic acids is 2. The Morgan fingerprint density at radius 1 is 1.24 bits per heavy atom. The third kappa shape index (κ3) is 5.34. The second kappa shape index (κ2) is 8.86. The van der Waals surface area contributed by atoms with Crippen LogP contribution in [0.4, 0.5) is 0 Å². The van der Waals surface area contributed by atoms with Crippen LogP contribution in [0.5, 0.6) is 5.75 Å². The van der Waals surface area contributed by atoms with E-state index in [4.69, 9.17) is 14.0 Å². The lowest BCUT2D eigenvalue weighted by molar-refractivity contribution is -0.148. The maximum absolute atomic E-state index is 11.8. The standard InChI is InChI=1S/C18H22N2O5/c1-12-15(13(2)25-20-12)8-9-18(22)24-11-17(21)19-10-14-6-4-5-7-16(14)23-3/h4-7H,8-11H2,1-3H3,(H,19,21). The van der Waals surface area contributed by atoms with Gasteiger partial charge in [-0.3, -0.25) is 9.59 Å². The van der Waals surface area contributed by atoms with E-state index in [0.717, 1.165) is 16.8 Å². The van der Waals surface area contributed by atoms with Gasteiger partial charge in [0.15, 0.2) is 6.61 Å². The van der Waals surface area contributed by atoms with E-state index in [2.05, 4.69) is 10.5 Å². The third-order valence-electron chi connectivity index (χ3n) is 3.79. The lowest BCUT2D eigenvalue weighted by atomic mass is 10.1. The molecule has 0 saturated carbocycles. The van der Waals surface area contributed by atoms with Crippen molar-refractivity contribution in [3.8, 4) is 5.75 Å². The molecule has 1 N–H and O–H groups in total. The van der Waals surface area contributed by atoms with Crippen LogP contribution in [0.15, 0.2) is 28.8 Å². The first-order valence-electron chi connectivity index (χ1n) is 7.97. The first kappa shape index (κ1) is 18.5. The SMILES string of the molecule is COc1ccccc1CNC(=O)COC(=O)CCc1c(C)noc1C. The van der Waals surface area contributed by atoms with E-state index in [1.165, 1.54) is 0 Å². The molecule has 1 heterocycles. The van der Waals surface area contributed by atoms with Gasteiger partial charge in [0.25, 0.3) is 5.91 Å². The molecule has 25 heavy (non-hydrogen) atoms. The Labute approximate surface area is 146 Å². The number of hydrogen-bond acceptors (Lipinski definition) is 6. The lowest BCUT2D eigenvalue weighted by Gasteiger charge is -2.10. The molecule has 2 rings (SSSR count). The van der Waals surface area contributed by atoms with Crippen molar-refractivity contribution in [2.45, 2.75) is 33.2 Å². The van der Waals surface area contributed by atoms with Gasteiger partial charge in [-0.05, 0) is 26.3 Å². The summed E-state index contributed by atoms with van der Waals surface area (Å²) >= 11 is 0. The Kier molecular flexibility index (Phi) is 6.56. The number of hydrogen-bond donors (Lipinski definition) is 1. The lowest BCUT2D eigenvalue weighted by Crippen LogP contribution is -2.28. The Balaban J connectivity index is 1.71. The Morgan fingerprint density at radius 2 is 2.00 bits per heavy atom. The van der Waals surface area contributed by atoms with Gasteiger partial charge in [0, 0.05) is 24.1 Å². The average molecular weight is 346 g/mol. The number of carbonyl (C=O) groups is 2. The Bertz CT molecular complexity index is 719. The van der Waals surface area contributed by atoms with Crippen molar-refractivity contribution < 1.29 is 23.6 Å². The molecule has 2 aromatic rings. The van der Waals surface area contributed by atoms with Gasteiger partial charge in [0.1, 0.15) is 11.5 Å². The minimum absolute atomic E-state index is 0.169. The maximum atomic E-state index is 11.8. The van der Waals surface area contributed by atoms with E-state index < -0.39 is 5.97 Å². The van der Waals surface area contributed by atoms with Crippen molar-refractivity contribution in [1.82, 2.24) is 10.5 Å². The molecule has 0 radical (unpaired) electrons. The molecule has 7 heteroatoms. The zero-order valence-corrected chi connectivity index (χ0v) is 14.6. The highest BCUT2D eigenvalue weighted by molar-refractivity contribution is 5.80. The normalized spacial score (nSPS) is 10.4. The number of rotatable bonds is 8. The molecule has 0 aliphatic heterocycles. The molecule has 0 unspecified atom stereocenters. The molecule has 0 bridgehead atoms. The minimum Gasteiger partial charge on any atom is -0.496 e. The number of ether oxygens (including phenoxy) is 2. The second-order valence-corrected chi connectivity index (χ2v) is 5.55. The predicted octanol–water partition coefficient (Wildman–Crippen LogP) is 2.09. The monoisotopic (exact) mass is 346 g/mol. The molecule has 1 aromatic heterocycles. The van der Waals surface area contributed by atoms with Crippen LogP contribution >= 0.6 is 0 Å². The predicted molar refractivity (Wildman–Crippen MR) is 90.1 cm³/mol. The number of methoxy groups -OCH3 is 1. The highest BCUT2D eigenvalue weighted by Gasteiger charge is 2.13. The summed E-state index contributed by atoms with van der Waals surface area (Å²) in [6, 6.07) is 7.38. The minimum atomic E-state index is -0.438. The van der Waals surface area contributed by atoms with E-state index in [9.17, 15) is 9.59 Å². The van der Waals surface area contributed by atoms with Crippen molar-refractivity contribution in [1.29, 1.82) is 0 Å². The van der Waals surface area contributed by atoms with Crippen LogP contribution in [0, 0.1) is 13.8 Å². The van der Waals surface area contributed by atoms with E-state index >= 15 is 0 Å². The van der Waals surface area contributed by atoms with Crippen molar-refractivity contribution in [3.05, 3.63) is 46.8 Å². The molecule has 0 spiro atoms. The van der Waals surface area contributed by atoms with Gasteiger partial charge in [0.2, 0.25) is 0 Å². The van der Waals surface area contributed by atoms with Crippen molar-refractivity contribution in [3.63, 3.8) is 0 Å². The number of nitrogens with one attached hydrogen (secondary N) is 1. The van der Waals surface area contributed by atoms with Crippen LogP contribution in [0.3, 0.4) is 0 Å². The molecule has 7 nitrogen and oxygen atoms in total. The van der Waals surface area contributed by atoms with E-state index in [1.807, 2.05) is 31.2 Å². The molecular formula is C18H22N2O5. The fourth-order valence-electron chi connectivity index (χ4n) is 2.40. The van der Waals surface area contributed by atoms with Crippen LogP contribution in [0.2, 0.25) is 0 Å². The Morgan fingerprint density at radius 3 is 2.68 bits per heavy atom. The molecule has 134 valence electrons. The molecule has 0 saturated heterocycles. The zero-order chi connectivity index (χ0) is 18.2. The molecule has 0 atom stereocenters. The molecule has 0 aliphatic carbocycles. The maximum Gasteiger partial charge on any atom is 0.306 e. The van der Waals surface area contributed by atoms with Gasteiger partial charge in [-0.2, -0.15) is 0 Å². The second-order valence-electron chi connectivity index (χ2n) is 5.55. The Hall–Kier alpha value is -2.83. The van der Waals surface area contributed by atoms with Crippen molar-refractivity contribution in [2.24, 2.45) is 0 Å². The summed E-state index contributed by atoms with van der Waals surface area (Å²) in [5, 5.41) is 6.53. The summed E-state index contributed by atoms with van der Waals surface area (Å²) in [6.07, 6.45) is 0.644. The quantitative estimate of drug-likeness (QED) is 0.736. The number of aryl methyl sites for hydroxylation is 2. The number of benzene rings is 1. The number of aromatic nitrogens is 1. The zero-order valence-electron chi connectivity index (χ0n) is 14.6. The highest BCUT2D eigenvalue weighted by atomic mass is 16.5. The highest BCUT2D eigenvalue weighted by Crippen LogP contribution is 2.16. The van der Waals surface area contributed by atoms with Gasteiger partial charge >= 0.3 is 5.97 Å². The van der Waals surface area contributed by atoms with Crippen molar-refractivity contribution >= 4 is 11.9 Å². The van der Waals surface area contributed by atoms with Gasteiger partial charge in [-0.1, -0.05) is 23.4 Å². The fourth-order valence-corrected chi connectivity index (χ4v) is 2.40. The summed E-state index contributed by atoms with van der Waals surface area (Å²) in [6.45, 7) is 3.61. The van der Waals surface area contributed by atoms with Crippen LogP contribution in [-0.2, 0) is 27.3 Å². The molecule has 0 aliphatic rings. The molecule has 0 fully saturated rings. The first-order valence-corrected chi connectivity index (χ1v) is 7.97. The summed E-state index contributed by atoms with van der Waals surface area (Å²) in [7, 11) is 1.57. The fraction of sp³-hybridized carbons (Fsp3) is 0.389. The average Bonchev–Trinajstić information content (AvgIpc) is 2.94. The van der Waals surface area contributed by atoms with Crippen LogP contribution < -0.4 is 10.1 Å². The van der Waals surface area contributed by atoms with E-state index in [1.54, 1.807) is 14.0 Å². The smallest absolute Gasteiger partial charge is 0.306 e. The van der Waals surface area contributed by atoms with Crippen LogP contribution in [-0.4, -0.2) is 30.7 Å². The topological polar surface area (TPSA) is 90.7 Å². The van der Waals surface area contributed by atoms with E-state index in [0.29, 0.717) is 24.5 Å². The number of para-hydroxylation sites is 1. The van der Waals surface area contributed by atoms with Crippen LogP contribution in [0.25, 0.3) is 0 Å². The summed E-state index contributed by atoms with van der Waals surface area (Å²) in [4.78, 5) is 23.6. The van der Waals surface area contributed by atoms with Gasteiger partial charge in [-0.25, -0.2) is 0 Å². The summed E-state index contributed by atoms with van der Waals surface area (Å²) in [5.74, 6) is 0.586. The first-order chi connectivity index (χ1) is 12.0. The van der Waals surface area contributed by atoms with Gasteiger partial charge in [0.05, 0.1) is 12.8 Å². The van der Waals surface area contributed by atoms with Crippen LogP contribution in [0.1, 0.15) is 29.0 Å². The molecular weight excluding hydrogens is 324 g/mol.